The van der Waals surface area contributed by atoms with Crippen LogP contribution >= 0.6 is 0 Å². The molecule has 0 spiro atoms. The van der Waals surface area contributed by atoms with Gasteiger partial charge in [0.05, 0.1) is 0 Å². The molecule has 3 rings (SSSR count). The van der Waals surface area contributed by atoms with E-state index in [1.54, 1.807) is 0 Å². The molecular formula is C22H29N3. The highest BCUT2D eigenvalue weighted by atomic mass is 15.2. The summed E-state index contributed by atoms with van der Waals surface area (Å²) in [6.07, 6.45) is 4.63. The lowest BCUT2D eigenvalue weighted by Crippen LogP contribution is -2.43. The summed E-state index contributed by atoms with van der Waals surface area (Å²) in [5, 5.41) is 7.03. The summed E-state index contributed by atoms with van der Waals surface area (Å²) in [7, 11) is 0. The zero-order valence-corrected chi connectivity index (χ0v) is 15.2. The van der Waals surface area contributed by atoms with E-state index in [9.17, 15) is 0 Å². The van der Waals surface area contributed by atoms with Gasteiger partial charge in [-0.15, -0.1) is 0 Å². The number of benzene rings is 2. The summed E-state index contributed by atoms with van der Waals surface area (Å²) >= 11 is 0. The standard InChI is InChI=1S/C22H29N3/c1-2-3-13-24-22(18-19-7-5-4-6-8-19)20-9-11-21(12-10-20)25-16-14-23-15-17-25/h4-12,18,23-24H,2-3,13-17H2,1H3. The molecule has 0 aromatic heterocycles. The van der Waals surface area contributed by atoms with E-state index in [0.717, 1.165) is 32.7 Å². The SMILES string of the molecule is CCCCNC(=Cc1ccccc1)c1ccc(N2CCNCC2)cc1. The fourth-order valence-corrected chi connectivity index (χ4v) is 3.13. The van der Waals surface area contributed by atoms with E-state index in [0.29, 0.717) is 0 Å². The fraction of sp³-hybridized carbons (Fsp3) is 0.364. The van der Waals surface area contributed by atoms with Gasteiger partial charge >= 0.3 is 0 Å². The molecule has 0 bridgehead atoms. The van der Waals surface area contributed by atoms with E-state index in [1.807, 2.05) is 0 Å². The van der Waals surface area contributed by atoms with Crippen molar-refractivity contribution in [1.82, 2.24) is 10.6 Å². The lowest BCUT2D eigenvalue weighted by molar-refractivity contribution is 0.589. The van der Waals surface area contributed by atoms with Gasteiger partial charge in [0.15, 0.2) is 0 Å². The third-order valence-electron chi connectivity index (χ3n) is 4.62. The Balaban J connectivity index is 1.78. The molecule has 0 aliphatic carbocycles. The largest absolute Gasteiger partial charge is 0.385 e. The minimum Gasteiger partial charge on any atom is -0.385 e. The molecule has 132 valence electrons. The Morgan fingerprint density at radius 2 is 1.76 bits per heavy atom. The lowest BCUT2D eigenvalue weighted by Gasteiger charge is -2.29. The molecule has 3 heteroatoms. The molecule has 1 heterocycles. The van der Waals surface area contributed by atoms with Gasteiger partial charge in [-0.2, -0.15) is 0 Å². The van der Waals surface area contributed by atoms with Gasteiger partial charge in [-0.3, -0.25) is 0 Å². The van der Waals surface area contributed by atoms with Gasteiger partial charge in [0, 0.05) is 44.1 Å². The average molecular weight is 335 g/mol. The van der Waals surface area contributed by atoms with Gasteiger partial charge in [0.25, 0.3) is 0 Å². The molecule has 0 unspecified atom stereocenters. The van der Waals surface area contributed by atoms with Crippen LogP contribution < -0.4 is 15.5 Å². The number of hydrogen-bond acceptors (Lipinski definition) is 3. The predicted octanol–water partition coefficient (Wildman–Crippen LogP) is 3.98. The van der Waals surface area contributed by atoms with Crippen molar-refractivity contribution in [3.63, 3.8) is 0 Å². The van der Waals surface area contributed by atoms with Crippen molar-refractivity contribution in [2.75, 3.05) is 37.6 Å². The monoisotopic (exact) mass is 335 g/mol. The number of rotatable bonds is 7. The molecule has 2 aromatic rings. The molecule has 0 amide bonds. The molecule has 0 radical (unpaired) electrons. The first-order chi connectivity index (χ1) is 12.4. The Labute approximate surface area is 151 Å². The first kappa shape index (κ1) is 17.6. The highest BCUT2D eigenvalue weighted by Gasteiger charge is 2.10. The molecule has 1 aliphatic heterocycles. The summed E-state index contributed by atoms with van der Waals surface area (Å²) < 4.78 is 0. The van der Waals surface area contributed by atoms with E-state index in [2.05, 4.69) is 83.1 Å². The van der Waals surface area contributed by atoms with Crippen LogP contribution in [-0.2, 0) is 0 Å². The van der Waals surface area contributed by atoms with Crippen molar-refractivity contribution >= 4 is 17.5 Å². The van der Waals surface area contributed by atoms with E-state index in [-0.39, 0.29) is 0 Å². The molecule has 2 N–H and O–H groups in total. The van der Waals surface area contributed by atoms with Crippen LogP contribution in [0.25, 0.3) is 11.8 Å². The first-order valence-electron chi connectivity index (χ1n) is 9.43. The Morgan fingerprint density at radius 3 is 2.44 bits per heavy atom. The Morgan fingerprint density at radius 1 is 1.04 bits per heavy atom. The van der Waals surface area contributed by atoms with E-state index >= 15 is 0 Å². The summed E-state index contributed by atoms with van der Waals surface area (Å²) in [4.78, 5) is 2.45. The van der Waals surface area contributed by atoms with Crippen molar-refractivity contribution in [3.8, 4) is 0 Å². The summed E-state index contributed by atoms with van der Waals surface area (Å²) in [5.74, 6) is 0. The van der Waals surface area contributed by atoms with Crippen LogP contribution in [0.1, 0.15) is 30.9 Å². The molecule has 3 nitrogen and oxygen atoms in total. The molecule has 0 atom stereocenters. The Bertz CT molecular complexity index is 655. The number of unbranched alkanes of at least 4 members (excludes halogenated alkanes) is 1. The minimum atomic E-state index is 1.01. The van der Waals surface area contributed by atoms with E-state index in [4.69, 9.17) is 0 Å². The summed E-state index contributed by atoms with van der Waals surface area (Å²) in [5.41, 5.74) is 5.00. The molecule has 25 heavy (non-hydrogen) atoms. The molecule has 1 fully saturated rings. The fourth-order valence-electron chi connectivity index (χ4n) is 3.13. The zero-order chi connectivity index (χ0) is 17.3. The van der Waals surface area contributed by atoms with Crippen LogP contribution in [0.5, 0.6) is 0 Å². The highest BCUT2D eigenvalue weighted by Crippen LogP contribution is 2.21. The second-order valence-electron chi connectivity index (χ2n) is 6.53. The maximum atomic E-state index is 3.62. The molecular weight excluding hydrogens is 306 g/mol. The first-order valence-corrected chi connectivity index (χ1v) is 9.43. The maximum Gasteiger partial charge on any atom is 0.0419 e. The van der Waals surface area contributed by atoms with Gasteiger partial charge < -0.3 is 15.5 Å². The third kappa shape index (κ3) is 5.10. The molecule has 0 saturated carbocycles. The van der Waals surface area contributed by atoms with Crippen LogP contribution in [0, 0.1) is 0 Å². The Hall–Kier alpha value is -2.26. The van der Waals surface area contributed by atoms with Crippen molar-refractivity contribution in [2.24, 2.45) is 0 Å². The van der Waals surface area contributed by atoms with Gasteiger partial charge in [0.1, 0.15) is 0 Å². The smallest absolute Gasteiger partial charge is 0.0419 e. The molecule has 1 aliphatic rings. The number of nitrogens with zero attached hydrogens (tertiary/aromatic N) is 1. The quantitative estimate of drug-likeness (QED) is 0.592. The number of hydrogen-bond donors (Lipinski definition) is 2. The Kier molecular flexibility index (Phi) is 6.52. The summed E-state index contributed by atoms with van der Waals surface area (Å²) in [6, 6.07) is 19.5. The number of nitrogens with one attached hydrogen (secondary N) is 2. The van der Waals surface area contributed by atoms with Gasteiger partial charge in [-0.25, -0.2) is 0 Å². The van der Waals surface area contributed by atoms with Gasteiger partial charge in [-0.05, 0) is 35.8 Å². The zero-order valence-electron chi connectivity index (χ0n) is 15.2. The predicted molar refractivity (Wildman–Crippen MR) is 109 cm³/mol. The van der Waals surface area contributed by atoms with Crippen LogP contribution in [0.2, 0.25) is 0 Å². The lowest BCUT2D eigenvalue weighted by atomic mass is 10.1. The van der Waals surface area contributed by atoms with E-state index in [1.165, 1.54) is 35.4 Å². The molecule has 1 saturated heterocycles. The highest BCUT2D eigenvalue weighted by molar-refractivity contribution is 5.80. The van der Waals surface area contributed by atoms with Crippen molar-refractivity contribution in [1.29, 1.82) is 0 Å². The van der Waals surface area contributed by atoms with Crippen LogP contribution in [0.4, 0.5) is 5.69 Å². The maximum absolute atomic E-state index is 3.62. The van der Waals surface area contributed by atoms with Gasteiger partial charge in [-0.1, -0.05) is 55.8 Å². The normalized spacial score (nSPS) is 15.2. The van der Waals surface area contributed by atoms with Crippen molar-refractivity contribution in [2.45, 2.75) is 19.8 Å². The van der Waals surface area contributed by atoms with Crippen LogP contribution in [0.15, 0.2) is 54.6 Å². The minimum absolute atomic E-state index is 1.01. The van der Waals surface area contributed by atoms with Gasteiger partial charge in [0.2, 0.25) is 0 Å². The van der Waals surface area contributed by atoms with E-state index < -0.39 is 0 Å². The topological polar surface area (TPSA) is 27.3 Å². The average Bonchev–Trinajstić information content (AvgIpc) is 2.69. The molecule has 2 aromatic carbocycles. The van der Waals surface area contributed by atoms with Crippen LogP contribution in [-0.4, -0.2) is 32.7 Å². The number of piperazine rings is 1. The second kappa shape index (κ2) is 9.28. The number of anilines is 1. The second-order valence-corrected chi connectivity index (χ2v) is 6.53. The summed E-state index contributed by atoms with van der Waals surface area (Å²) in [6.45, 7) is 7.54. The van der Waals surface area contributed by atoms with Crippen molar-refractivity contribution < 1.29 is 0 Å². The van der Waals surface area contributed by atoms with Crippen LogP contribution in [0.3, 0.4) is 0 Å². The van der Waals surface area contributed by atoms with Crippen molar-refractivity contribution in [3.05, 3.63) is 65.7 Å². The third-order valence-corrected chi connectivity index (χ3v) is 4.62.